The van der Waals surface area contributed by atoms with Crippen LogP contribution in [0.5, 0.6) is 0 Å². The zero-order valence-corrected chi connectivity index (χ0v) is 16.0. The zero-order valence-electron chi connectivity index (χ0n) is 15.2. The Labute approximate surface area is 150 Å². The summed E-state index contributed by atoms with van der Waals surface area (Å²) in [6.45, 7) is 10.5. The molecular formula is C18H32N4OS. The topological polar surface area (TPSA) is 59.9 Å². The van der Waals surface area contributed by atoms with Gasteiger partial charge in [-0.3, -0.25) is 4.90 Å². The minimum absolute atomic E-state index is 0.346. The first-order valence-corrected chi connectivity index (χ1v) is 9.98. The van der Waals surface area contributed by atoms with E-state index in [0.717, 1.165) is 31.2 Å². The normalized spacial score (nSPS) is 22.2. The van der Waals surface area contributed by atoms with E-state index in [0.29, 0.717) is 12.6 Å². The highest BCUT2D eigenvalue weighted by Crippen LogP contribution is 2.23. The molecule has 136 valence electrons. The lowest BCUT2D eigenvalue weighted by molar-refractivity contribution is 0.0677. The van der Waals surface area contributed by atoms with Crippen molar-refractivity contribution in [2.45, 2.75) is 51.7 Å². The number of nitrogens with one attached hydrogen (secondary N) is 2. The second kappa shape index (κ2) is 9.39. The second-order valence-electron chi connectivity index (χ2n) is 6.79. The average molecular weight is 353 g/mol. The Kier molecular flexibility index (Phi) is 7.52. The summed E-state index contributed by atoms with van der Waals surface area (Å²) in [5, 5.41) is 21.2. The van der Waals surface area contributed by atoms with Crippen LogP contribution in [0.4, 0.5) is 0 Å². The zero-order chi connectivity index (χ0) is 17.4. The lowest BCUT2D eigenvalue weighted by Crippen LogP contribution is -2.45. The summed E-state index contributed by atoms with van der Waals surface area (Å²) >= 11 is 1.60. The molecule has 1 fully saturated rings. The molecule has 0 bridgehead atoms. The average Bonchev–Trinajstić information content (AvgIpc) is 3.10. The first-order chi connectivity index (χ1) is 11.5. The summed E-state index contributed by atoms with van der Waals surface area (Å²) in [6.07, 6.45) is 3.96. The molecule has 6 heteroatoms. The van der Waals surface area contributed by atoms with Crippen molar-refractivity contribution in [2.75, 3.05) is 32.7 Å². The van der Waals surface area contributed by atoms with Crippen LogP contribution >= 0.6 is 11.3 Å². The molecule has 0 amide bonds. The number of piperidine rings is 1. The van der Waals surface area contributed by atoms with Crippen molar-refractivity contribution in [3.05, 3.63) is 22.4 Å². The number of likely N-dealkylation sites (tertiary alicyclic amines) is 1. The molecule has 2 rings (SSSR count). The number of aliphatic imine (C=N–C) groups is 1. The molecule has 1 aliphatic heterocycles. The summed E-state index contributed by atoms with van der Waals surface area (Å²) in [5.41, 5.74) is -0.00163. The van der Waals surface area contributed by atoms with Gasteiger partial charge in [0.25, 0.3) is 0 Å². The molecule has 24 heavy (non-hydrogen) atoms. The Morgan fingerprint density at radius 3 is 2.96 bits per heavy atom. The van der Waals surface area contributed by atoms with Gasteiger partial charge in [0.15, 0.2) is 5.96 Å². The van der Waals surface area contributed by atoms with Crippen LogP contribution in [-0.4, -0.2) is 54.7 Å². The maximum absolute atomic E-state index is 10.6. The van der Waals surface area contributed by atoms with Crippen LogP contribution in [0, 0.1) is 0 Å². The summed E-state index contributed by atoms with van der Waals surface area (Å²) in [4.78, 5) is 7.12. The van der Waals surface area contributed by atoms with E-state index in [4.69, 9.17) is 0 Å². The number of aliphatic hydroxyl groups is 1. The van der Waals surface area contributed by atoms with E-state index in [1.54, 1.807) is 11.3 Å². The van der Waals surface area contributed by atoms with Crippen molar-refractivity contribution in [1.82, 2.24) is 15.5 Å². The Balaban J connectivity index is 1.84. The van der Waals surface area contributed by atoms with E-state index in [-0.39, 0.29) is 0 Å². The molecule has 3 N–H and O–H groups in total. The largest absolute Gasteiger partial charge is 0.383 e. The predicted octanol–water partition coefficient (Wildman–Crippen LogP) is 2.39. The molecule has 0 radical (unpaired) electrons. The van der Waals surface area contributed by atoms with Gasteiger partial charge in [-0.15, -0.1) is 0 Å². The number of hydrogen-bond donors (Lipinski definition) is 3. The van der Waals surface area contributed by atoms with Gasteiger partial charge in [-0.1, -0.05) is 6.42 Å². The molecule has 2 unspecified atom stereocenters. The fourth-order valence-corrected chi connectivity index (χ4v) is 3.83. The van der Waals surface area contributed by atoms with Gasteiger partial charge in [-0.05, 0) is 62.5 Å². The van der Waals surface area contributed by atoms with E-state index in [2.05, 4.69) is 34.4 Å². The predicted molar refractivity (Wildman–Crippen MR) is 103 cm³/mol. The minimum atomic E-state index is -0.927. The second-order valence-corrected chi connectivity index (χ2v) is 7.57. The Morgan fingerprint density at radius 1 is 1.46 bits per heavy atom. The van der Waals surface area contributed by atoms with Gasteiger partial charge in [-0.2, -0.15) is 11.3 Å². The molecule has 2 heterocycles. The van der Waals surface area contributed by atoms with Gasteiger partial charge in [0, 0.05) is 25.7 Å². The van der Waals surface area contributed by atoms with Crippen molar-refractivity contribution in [2.24, 2.45) is 4.99 Å². The van der Waals surface area contributed by atoms with E-state index in [1.165, 1.54) is 25.8 Å². The minimum Gasteiger partial charge on any atom is -0.383 e. The van der Waals surface area contributed by atoms with Crippen molar-refractivity contribution in [1.29, 1.82) is 0 Å². The van der Waals surface area contributed by atoms with Crippen LogP contribution in [0.3, 0.4) is 0 Å². The molecule has 0 saturated carbocycles. The van der Waals surface area contributed by atoms with Crippen molar-refractivity contribution in [3.63, 3.8) is 0 Å². The van der Waals surface area contributed by atoms with Crippen LogP contribution in [0.25, 0.3) is 0 Å². The molecule has 1 aliphatic rings. The highest BCUT2D eigenvalue weighted by atomic mass is 32.1. The van der Waals surface area contributed by atoms with Crippen LogP contribution in [0.1, 0.15) is 45.6 Å². The fraction of sp³-hybridized carbons (Fsp3) is 0.722. The van der Waals surface area contributed by atoms with Gasteiger partial charge in [0.05, 0.1) is 6.54 Å². The summed E-state index contributed by atoms with van der Waals surface area (Å²) in [7, 11) is 0. The highest BCUT2D eigenvalue weighted by molar-refractivity contribution is 7.08. The van der Waals surface area contributed by atoms with E-state index >= 15 is 0 Å². The third kappa shape index (κ3) is 5.76. The smallest absolute Gasteiger partial charge is 0.191 e. The first kappa shape index (κ1) is 19.2. The molecule has 5 nitrogen and oxygen atoms in total. The maximum atomic E-state index is 10.6. The molecule has 1 saturated heterocycles. The molecule has 0 aliphatic carbocycles. The van der Waals surface area contributed by atoms with Crippen molar-refractivity contribution in [3.8, 4) is 0 Å². The first-order valence-electron chi connectivity index (χ1n) is 9.04. The van der Waals surface area contributed by atoms with E-state index < -0.39 is 5.60 Å². The molecule has 0 aromatic carbocycles. The monoisotopic (exact) mass is 352 g/mol. The molecule has 1 aromatic heterocycles. The van der Waals surface area contributed by atoms with Gasteiger partial charge in [0.1, 0.15) is 5.60 Å². The van der Waals surface area contributed by atoms with Gasteiger partial charge in [-0.25, -0.2) is 4.99 Å². The third-order valence-corrected chi connectivity index (χ3v) is 5.35. The van der Waals surface area contributed by atoms with Crippen LogP contribution < -0.4 is 10.6 Å². The number of rotatable bonds is 7. The molecular weight excluding hydrogens is 320 g/mol. The number of nitrogens with zero attached hydrogens (tertiary/aromatic N) is 2. The number of thiophene rings is 1. The Bertz CT molecular complexity index is 501. The van der Waals surface area contributed by atoms with E-state index in [9.17, 15) is 5.11 Å². The quantitative estimate of drug-likeness (QED) is 0.521. The molecule has 0 spiro atoms. The lowest BCUT2D eigenvalue weighted by Gasteiger charge is -2.33. The van der Waals surface area contributed by atoms with E-state index in [1.807, 2.05) is 23.8 Å². The lowest BCUT2D eigenvalue weighted by atomic mass is 10.00. The third-order valence-electron chi connectivity index (χ3n) is 4.66. The fourth-order valence-electron chi connectivity index (χ4n) is 3.04. The van der Waals surface area contributed by atoms with Crippen LogP contribution in [0.2, 0.25) is 0 Å². The molecule has 1 aromatic rings. The number of guanidine groups is 1. The van der Waals surface area contributed by atoms with Crippen LogP contribution in [0.15, 0.2) is 21.8 Å². The standard InChI is InChI=1S/C18H32N4OS/c1-4-19-17(20-9-11-22-10-6-5-7-15(22)2)21-14-18(3,23)16-8-12-24-13-16/h8,12-13,15,23H,4-7,9-11,14H2,1-3H3,(H2,19,20,21). The highest BCUT2D eigenvalue weighted by Gasteiger charge is 2.23. The van der Waals surface area contributed by atoms with Crippen LogP contribution in [-0.2, 0) is 5.60 Å². The van der Waals surface area contributed by atoms with Gasteiger partial charge in [0.2, 0.25) is 0 Å². The maximum Gasteiger partial charge on any atom is 0.191 e. The Hall–Kier alpha value is -1.11. The number of hydrogen-bond acceptors (Lipinski definition) is 4. The summed E-state index contributed by atoms with van der Waals surface area (Å²) in [5.74, 6) is 0.776. The summed E-state index contributed by atoms with van der Waals surface area (Å²) < 4.78 is 0. The van der Waals surface area contributed by atoms with Crippen molar-refractivity contribution >= 4 is 17.3 Å². The van der Waals surface area contributed by atoms with Crippen molar-refractivity contribution < 1.29 is 5.11 Å². The molecule has 2 atom stereocenters. The SMILES string of the molecule is CCNC(=NCC(C)(O)c1ccsc1)NCCN1CCCCC1C. The summed E-state index contributed by atoms with van der Waals surface area (Å²) in [6, 6.07) is 2.64. The Morgan fingerprint density at radius 2 is 2.29 bits per heavy atom. The van der Waals surface area contributed by atoms with Gasteiger partial charge >= 0.3 is 0 Å². The van der Waals surface area contributed by atoms with Gasteiger partial charge < -0.3 is 15.7 Å².